The van der Waals surface area contributed by atoms with Gasteiger partial charge in [-0.15, -0.1) is 0 Å². The fourth-order valence-corrected chi connectivity index (χ4v) is 3.67. The zero-order chi connectivity index (χ0) is 14.8. The van der Waals surface area contributed by atoms with E-state index >= 15 is 0 Å². The molecule has 0 bridgehead atoms. The first-order valence-corrected chi connectivity index (χ1v) is 8.28. The molecule has 112 valence electrons. The van der Waals surface area contributed by atoms with Crippen LogP contribution in [0.4, 0.5) is 5.82 Å². The van der Waals surface area contributed by atoms with E-state index < -0.39 is 10.2 Å². The summed E-state index contributed by atoms with van der Waals surface area (Å²) < 4.78 is 28.7. The number of hydrogen-bond acceptors (Lipinski definition) is 4. The Hall–Kier alpha value is -1.18. The molecule has 2 rings (SSSR count). The normalized spacial score (nSPS) is 18.1. The van der Waals surface area contributed by atoms with E-state index in [9.17, 15) is 8.42 Å². The molecular weight excluding hydrogens is 276 g/mol. The number of nitrogens with one attached hydrogen (secondary N) is 1. The number of nitrogens with two attached hydrogens (primary N) is 1. The topological polar surface area (TPSA) is 88.3 Å². The van der Waals surface area contributed by atoms with Gasteiger partial charge in [0.1, 0.15) is 5.82 Å². The van der Waals surface area contributed by atoms with Crippen molar-refractivity contribution in [3.63, 3.8) is 0 Å². The quantitative estimate of drug-likeness (QED) is 0.869. The number of aromatic nitrogens is 1. The molecule has 6 nitrogen and oxygen atoms in total. The van der Waals surface area contributed by atoms with Gasteiger partial charge in [0.2, 0.25) is 0 Å². The number of pyridine rings is 1. The lowest BCUT2D eigenvalue weighted by Gasteiger charge is -2.30. The Morgan fingerprint density at radius 1 is 1.35 bits per heavy atom. The van der Waals surface area contributed by atoms with Crippen LogP contribution in [0.3, 0.4) is 0 Å². The van der Waals surface area contributed by atoms with Gasteiger partial charge >= 0.3 is 10.2 Å². The van der Waals surface area contributed by atoms with Crippen molar-refractivity contribution in [1.82, 2.24) is 9.29 Å². The SMILES string of the molecule is Cc1cc(C)nc(NS(=O)(=O)N2CCC(CN)CC2)c1. The maximum atomic E-state index is 12.3. The first kappa shape index (κ1) is 15.2. The minimum Gasteiger partial charge on any atom is -0.330 e. The Morgan fingerprint density at radius 3 is 2.55 bits per heavy atom. The first-order chi connectivity index (χ1) is 9.40. The average molecular weight is 298 g/mol. The van der Waals surface area contributed by atoms with Crippen LogP contribution in [0.2, 0.25) is 0 Å². The monoisotopic (exact) mass is 298 g/mol. The van der Waals surface area contributed by atoms with Crippen LogP contribution >= 0.6 is 0 Å². The van der Waals surface area contributed by atoms with E-state index in [-0.39, 0.29) is 0 Å². The molecule has 0 saturated carbocycles. The lowest BCUT2D eigenvalue weighted by atomic mass is 9.99. The lowest BCUT2D eigenvalue weighted by Crippen LogP contribution is -2.42. The Bertz CT molecular complexity index is 545. The van der Waals surface area contributed by atoms with Crippen LogP contribution in [0.5, 0.6) is 0 Å². The predicted molar refractivity (Wildman–Crippen MR) is 79.6 cm³/mol. The summed E-state index contributed by atoms with van der Waals surface area (Å²) in [6.07, 6.45) is 1.63. The molecule has 1 aliphatic heterocycles. The fraction of sp³-hybridized carbons (Fsp3) is 0.615. The smallest absolute Gasteiger partial charge is 0.302 e. The van der Waals surface area contributed by atoms with Gasteiger partial charge in [0, 0.05) is 18.8 Å². The predicted octanol–water partition coefficient (Wildman–Crippen LogP) is 1.03. The van der Waals surface area contributed by atoms with Crippen LogP contribution < -0.4 is 10.5 Å². The number of hydrogen-bond donors (Lipinski definition) is 2. The zero-order valence-electron chi connectivity index (χ0n) is 12.0. The molecule has 20 heavy (non-hydrogen) atoms. The largest absolute Gasteiger partial charge is 0.330 e. The van der Waals surface area contributed by atoms with Gasteiger partial charge in [-0.2, -0.15) is 12.7 Å². The van der Waals surface area contributed by atoms with Gasteiger partial charge in [-0.3, -0.25) is 4.72 Å². The van der Waals surface area contributed by atoms with E-state index in [4.69, 9.17) is 5.73 Å². The van der Waals surface area contributed by atoms with Crippen LogP contribution in [0.1, 0.15) is 24.1 Å². The molecule has 1 saturated heterocycles. The summed E-state index contributed by atoms with van der Waals surface area (Å²) in [5.41, 5.74) is 7.40. The van der Waals surface area contributed by atoms with Crippen molar-refractivity contribution >= 4 is 16.0 Å². The van der Waals surface area contributed by atoms with E-state index in [1.807, 2.05) is 19.9 Å². The lowest BCUT2D eigenvalue weighted by molar-refractivity contribution is 0.280. The highest BCUT2D eigenvalue weighted by molar-refractivity contribution is 7.90. The molecule has 0 amide bonds. The Morgan fingerprint density at radius 2 is 2.00 bits per heavy atom. The van der Waals surface area contributed by atoms with Gasteiger partial charge in [0.05, 0.1) is 0 Å². The molecule has 1 aromatic heterocycles. The van der Waals surface area contributed by atoms with Crippen molar-refractivity contribution in [2.75, 3.05) is 24.4 Å². The van der Waals surface area contributed by atoms with Gasteiger partial charge in [-0.1, -0.05) is 0 Å². The van der Waals surface area contributed by atoms with Gasteiger partial charge in [-0.25, -0.2) is 4.98 Å². The van der Waals surface area contributed by atoms with E-state index in [0.29, 0.717) is 31.4 Å². The summed E-state index contributed by atoms with van der Waals surface area (Å²) in [6, 6.07) is 3.64. The molecule has 2 heterocycles. The Labute approximate surface area is 120 Å². The molecule has 0 aromatic carbocycles. The molecule has 0 radical (unpaired) electrons. The van der Waals surface area contributed by atoms with Gasteiger partial charge < -0.3 is 5.73 Å². The summed E-state index contributed by atoms with van der Waals surface area (Å²) in [6.45, 7) is 5.42. The molecule has 1 fully saturated rings. The average Bonchev–Trinajstić information content (AvgIpc) is 2.37. The van der Waals surface area contributed by atoms with Gasteiger partial charge in [0.15, 0.2) is 0 Å². The molecule has 0 atom stereocenters. The van der Waals surface area contributed by atoms with Crippen LogP contribution in [0.25, 0.3) is 0 Å². The Kier molecular flexibility index (Phi) is 4.62. The maximum Gasteiger partial charge on any atom is 0.302 e. The van der Waals surface area contributed by atoms with Crippen molar-refractivity contribution in [2.45, 2.75) is 26.7 Å². The van der Waals surface area contributed by atoms with Crippen LogP contribution in [-0.2, 0) is 10.2 Å². The van der Waals surface area contributed by atoms with Crippen molar-refractivity contribution in [1.29, 1.82) is 0 Å². The summed E-state index contributed by atoms with van der Waals surface area (Å²) in [4.78, 5) is 4.21. The van der Waals surface area contributed by atoms with Gasteiger partial charge in [-0.05, 0) is 56.8 Å². The van der Waals surface area contributed by atoms with Crippen LogP contribution in [0.15, 0.2) is 12.1 Å². The highest BCUT2D eigenvalue weighted by atomic mass is 32.2. The number of aryl methyl sites for hydroxylation is 2. The van der Waals surface area contributed by atoms with E-state index in [1.54, 1.807) is 6.07 Å². The van der Waals surface area contributed by atoms with E-state index in [2.05, 4.69) is 9.71 Å². The Balaban J connectivity index is 2.07. The van der Waals surface area contributed by atoms with Crippen LogP contribution in [-0.4, -0.2) is 37.3 Å². The van der Waals surface area contributed by atoms with Crippen LogP contribution in [0, 0.1) is 19.8 Å². The molecule has 0 spiro atoms. The number of anilines is 1. The van der Waals surface area contributed by atoms with Crippen molar-refractivity contribution in [3.8, 4) is 0 Å². The summed E-state index contributed by atoms with van der Waals surface area (Å²) in [5, 5.41) is 0. The summed E-state index contributed by atoms with van der Waals surface area (Å²) >= 11 is 0. The molecular formula is C13H22N4O2S. The summed E-state index contributed by atoms with van der Waals surface area (Å²) in [7, 11) is -3.52. The number of piperidine rings is 1. The second-order valence-electron chi connectivity index (χ2n) is 5.36. The minimum absolute atomic E-state index is 0.378. The van der Waals surface area contributed by atoms with Crippen molar-refractivity contribution in [3.05, 3.63) is 23.4 Å². The molecule has 7 heteroatoms. The number of rotatable bonds is 4. The van der Waals surface area contributed by atoms with E-state index in [1.165, 1.54) is 4.31 Å². The minimum atomic E-state index is -3.52. The third kappa shape index (κ3) is 3.68. The summed E-state index contributed by atoms with van der Waals surface area (Å²) in [5.74, 6) is 0.809. The molecule has 0 aliphatic carbocycles. The van der Waals surface area contributed by atoms with Gasteiger partial charge in [0.25, 0.3) is 0 Å². The standard InChI is InChI=1S/C13H22N4O2S/c1-10-7-11(2)15-13(8-10)16-20(18,19)17-5-3-12(9-14)4-6-17/h7-8,12H,3-6,9,14H2,1-2H3,(H,15,16). The second-order valence-corrected chi connectivity index (χ2v) is 7.03. The van der Waals surface area contributed by atoms with E-state index in [0.717, 1.165) is 24.1 Å². The number of nitrogens with zero attached hydrogens (tertiary/aromatic N) is 2. The molecule has 3 N–H and O–H groups in total. The fourth-order valence-electron chi connectivity index (χ4n) is 2.48. The zero-order valence-corrected chi connectivity index (χ0v) is 12.8. The molecule has 1 aromatic rings. The first-order valence-electron chi connectivity index (χ1n) is 6.84. The molecule has 0 unspecified atom stereocenters. The van der Waals surface area contributed by atoms with Crippen molar-refractivity contribution < 1.29 is 8.42 Å². The molecule has 1 aliphatic rings. The maximum absolute atomic E-state index is 12.3. The highest BCUT2D eigenvalue weighted by Gasteiger charge is 2.27. The second kappa shape index (κ2) is 6.07. The third-order valence-corrected chi connectivity index (χ3v) is 5.09. The third-order valence-electron chi connectivity index (χ3n) is 3.58. The highest BCUT2D eigenvalue weighted by Crippen LogP contribution is 2.20. The van der Waals surface area contributed by atoms with Crippen molar-refractivity contribution in [2.24, 2.45) is 11.7 Å².